The number of hydrogen-bond donors (Lipinski definition) is 2. The Balaban J connectivity index is 1.57. The number of amides is 1. The first-order valence-electron chi connectivity index (χ1n) is 11.5. The molecule has 1 saturated heterocycles. The van der Waals surface area contributed by atoms with Crippen molar-refractivity contribution in [3.8, 4) is 5.75 Å². The number of rotatable bonds is 6. The second-order valence-corrected chi connectivity index (χ2v) is 9.77. The summed E-state index contributed by atoms with van der Waals surface area (Å²) in [5.74, 6) is 1.02. The summed E-state index contributed by atoms with van der Waals surface area (Å²) in [7, 11) is 1.67. The fourth-order valence-corrected chi connectivity index (χ4v) is 5.72. The van der Waals surface area contributed by atoms with Gasteiger partial charge in [0.2, 0.25) is 5.91 Å². The van der Waals surface area contributed by atoms with E-state index >= 15 is 0 Å². The summed E-state index contributed by atoms with van der Waals surface area (Å²) in [6.07, 6.45) is 1.44. The zero-order valence-corrected chi connectivity index (χ0v) is 19.9. The highest BCUT2D eigenvalue weighted by Crippen LogP contribution is 2.49. The molecule has 3 aromatic rings. The lowest BCUT2D eigenvalue weighted by molar-refractivity contribution is -0.141. The largest absolute Gasteiger partial charge is 0.497 e. The molecule has 1 aromatic heterocycles. The number of aliphatic hydroxyl groups excluding tert-OH is 1. The van der Waals surface area contributed by atoms with Crippen LogP contribution in [0.15, 0.2) is 42.5 Å². The number of methoxy groups -OCH3 is 1. The topological polar surface area (TPSA) is 68.8 Å². The number of fused-ring (bicyclic) bond motifs is 4. The minimum absolute atomic E-state index is 0.0130. The number of aromatic amines is 1. The first-order chi connectivity index (χ1) is 16.0. The van der Waals surface area contributed by atoms with Crippen LogP contribution in [0.25, 0.3) is 10.9 Å². The SMILES string of the molecule is CCCC(=O)N1CC2(C1)CN(Cc1ccc(Cl)cc1)[C@@H](CO)c1[nH]c3cc(OC)ccc3c12. The molecule has 174 valence electrons. The van der Waals surface area contributed by atoms with Crippen LogP contribution in [0, 0.1) is 0 Å². The number of benzene rings is 2. The first kappa shape index (κ1) is 22.3. The Morgan fingerprint density at radius 3 is 2.64 bits per heavy atom. The van der Waals surface area contributed by atoms with Gasteiger partial charge in [-0.15, -0.1) is 0 Å². The Morgan fingerprint density at radius 2 is 1.97 bits per heavy atom. The number of carbonyl (C=O) groups is 1. The predicted octanol–water partition coefficient (Wildman–Crippen LogP) is 4.26. The third-order valence-electron chi connectivity index (χ3n) is 7.12. The van der Waals surface area contributed by atoms with Gasteiger partial charge in [0.05, 0.1) is 19.8 Å². The Morgan fingerprint density at radius 1 is 1.21 bits per heavy atom. The van der Waals surface area contributed by atoms with E-state index in [2.05, 4.69) is 16.0 Å². The maximum Gasteiger partial charge on any atom is 0.222 e. The molecular formula is C26H30ClN3O3. The summed E-state index contributed by atoms with van der Waals surface area (Å²) in [5.41, 5.74) is 4.27. The number of likely N-dealkylation sites (tertiary alicyclic amines) is 1. The predicted molar refractivity (Wildman–Crippen MR) is 130 cm³/mol. The highest BCUT2D eigenvalue weighted by molar-refractivity contribution is 6.30. The van der Waals surface area contributed by atoms with Gasteiger partial charge in [0.1, 0.15) is 5.75 Å². The molecule has 2 aromatic carbocycles. The van der Waals surface area contributed by atoms with Crippen molar-refractivity contribution >= 4 is 28.4 Å². The van der Waals surface area contributed by atoms with Crippen molar-refractivity contribution in [1.82, 2.24) is 14.8 Å². The molecule has 1 spiro atoms. The van der Waals surface area contributed by atoms with Crippen LogP contribution in [-0.4, -0.2) is 59.1 Å². The van der Waals surface area contributed by atoms with Gasteiger partial charge < -0.3 is 19.7 Å². The van der Waals surface area contributed by atoms with Crippen molar-refractivity contribution in [2.24, 2.45) is 0 Å². The molecule has 0 aliphatic carbocycles. The molecule has 1 amide bonds. The molecule has 3 heterocycles. The van der Waals surface area contributed by atoms with Crippen LogP contribution in [0.1, 0.15) is 42.6 Å². The van der Waals surface area contributed by atoms with E-state index in [9.17, 15) is 9.90 Å². The molecular weight excluding hydrogens is 438 g/mol. The van der Waals surface area contributed by atoms with Crippen molar-refractivity contribution in [2.75, 3.05) is 33.4 Å². The fourth-order valence-electron chi connectivity index (χ4n) is 5.59. The average molecular weight is 468 g/mol. The highest BCUT2D eigenvalue weighted by atomic mass is 35.5. The van der Waals surface area contributed by atoms with Gasteiger partial charge in [-0.05, 0) is 41.8 Å². The number of aliphatic hydroxyl groups is 1. The van der Waals surface area contributed by atoms with E-state index in [4.69, 9.17) is 16.3 Å². The zero-order valence-electron chi connectivity index (χ0n) is 19.1. The fraction of sp³-hybridized carbons (Fsp3) is 0.423. The van der Waals surface area contributed by atoms with Gasteiger partial charge in [-0.2, -0.15) is 0 Å². The maximum atomic E-state index is 12.6. The minimum Gasteiger partial charge on any atom is -0.497 e. The van der Waals surface area contributed by atoms with Crippen molar-refractivity contribution in [3.05, 3.63) is 64.3 Å². The lowest BCUT2D eigenvalue weighted by Gasteiger charge is -2.56. The van der Waals surface area contributed by atoms with E-state index in [1.54, 1.807) is 7.11 Å². The van der Waals surface area contributed by atoms with Gasteiger partial charge in [-0.3, -0.25) is 9.69 Å². The van der Waals surface area contributed by atoms with E-state index < -0.39 is 0 Å². The van der Waals surface area contributed by atoms with Gasteiger partial charge in [-0.1, -0.05) is 30.7 Å². The number of nitrogens with zero attached hydrogens (tertiary/aromatic N) is 2. The van der Waals surface area contributed by atoms with Crippen LogP contribution in [0.2, 0.25) is 5.02 Å². The van der Waals surface area contributed by atoms with Gasteiger partial charge in [0, 0.05) is 65.7 Å². The lowest BCUT2D eigenvalue weighted by atomic mass is 9.68. The summed E-state index contributed by atoms with van der Waals surface area (Å²) in [6, 6.07) is 13.8. The summed E-state index contributed by atoms with van der Waals surface area (Å²) in [5, 5.41) is 12.3. The van der Waals surface area contributed by atoms with Crippen LogP contribution in [0.4, 0.5) is 0 Å². The molecule has 6 nitrogen and oxygen atoms in total. The standard InChI is InChI=1S/C26H30ClN3O3/c1-3-4-23(32)30-15-26(16-30)14-29(12-17-5-7-18(27)8-6-17)22(13-31)25-24(26)20-10-9-19(33-2)11-21(20)28-25/h5-11,22,28,31H,3-4,12-16H2,1-2H3/t22-/m0/s1. The monoisotopic (exact) mass is 467 g/mol. The molecule has 2 N–H and O–H groups in total. The molecule has 1 fully saturated rings. The molecule has 2 aliphatic rings. The van der Waals surface area contributed by atoms with Crippen molar-refractivity contribution in [1.29, 1.82) is 0 Å². The molecule has 1 atom stereocenters. The Bertz CT molecular complexity index is 1170. The summed E-state index contributed by atoms with van der Waals surface area (Å²) in [4.78, 5) is 20.5. The van der Waals surface area contributed by atoms with E-state index in [0.29, 0.717) is 31.1 Å². The van der Waals surface area contributed by atoms with Gasteiger partial charge in [0.25, 0.3) is 0 Å². The smallest absolute Gasteiger partial charge is 0.222 e. The maximum absolute atomic E-state index is 12.6. The number of hydrogen-bond acceptors (Lipinski definition) is 4. The molecule has 5 rings (SSSR count). The molecule has 0 unspecified atom stereocenters. The van der Waals surface area contributed by atoms with Crippen LogP contribution in [0.5, 0.6) is 5.75 Å². The van der Waals surface area contributed by atoms with Gasteiger partial charge >= 0.3 is 0 Å². The summed E-state index contributed by atoms with van der Waals surface area (Å²) < 4.78 is 5.44. The van der Waals surface area contributed by atoms with Crippen LogP contribution in [0.3, 0.4) is 0 Å². The Hall–Kier alpha value is -2.54. The number of ether oxygens (including phenoxy) is 1. The molecule has 33 heavy (non-hydrogen) atoms. The Kier molecular flexibility index (Phi) is 5.85. The van der Waals surface area contributed by atoms with Gasteiger partial charge in [-0.25, -0.2) is 0 Å². The van der Waals surface area contributed by atoms with Gasteiger partial charge in [0.15, 0.2) is 0 Å². The van der Waals surface area contributed by atoms with Crippen LogP contribution < -0.4 is 4.74 Å². The number of H-pyrrole nitrogens is 1. The summed E-state index contributed by atoms with van der Waals surface area (Å²) >= 11 is 6.09. The number of nitrogens with one attached hydrogen (secondary N) is 1. The van der Waals surface area contributed by atoms with E-state index in [1.807, 2.05) is 48.2 Å². The normalized spacial score (nSPS) is 19.5. The number of aromatic nitrogens is 1. The highest BCUT2D eigenvalue weighted by Gasteiger charge is 2.53. The molecule has 7 heteroatoms. The van der Waals surface area contributed by atoms with E-state index in [0.717, 1.165) is 40.9 Å². The second-order valence-electron chi connectivity index (χ2n) is 9.34. The molecule has 0 bridgehead atoms. The third kappa shape index (κ3) is 3.80. The Labute approximate surface area is 199 Å². The minimum atomic E-state index is -0.163. The molecule has 0 saturated carbocycles. The van der Waals surface area contributed by atoms with Crippen molar-refractivity contribution < 1.29 is 14.6 Å². The molecule has 0 radical (unpaired) electrons. The second kappa shape index (κ2) is 8.67. The van der Waals surface area contributed by atoms with E-state index in [1.165, 1.54) is 5.56 Å². The average Bonchev–Trinajstić information content (AvgIpc) is 3.17. The van der Waals surface area contributed by atoms with Crippen molar-refractivity contribution in [3.63, 3.8) is 0 Å². The first-order valence-corrected chi connectivity index (χ1v) is 11.9. The number of halogens is 1. The number of carbonyl (C=O) groups excluding carboxylic acids is 1. The quantitative estimate of drug-likeness (QED) is 0.568. The third-order valence-corrected chi connectivity index (χ3v) is 7.37. The summed E-state index contributed by atoms with van der Waals surface area (Å²) in [6.45, 7) is 4.94. The zero-order chi connectivity index (χ0) is 23.2. The van der Waals surface area contributed by atoms with Crippen molar-refractivity contribution in [2.45, 2.75) is 37.8 Å². The lowest BCUT2D eigenvalue weighted by Crippen LogP contribution is -2.67. The molecule has 2 aliphatic heterocycles. The van der Waals surface area contributed by atoms with Crippen LogP contribution in [-0.2, 0) is 16.8 Å². The van der Waals surface area contributed by atoms with E-state index in [-0.39, 0.29) is 24.0 Å². The van der Waals surface area contributed by atoms with Crippen LogP contribution >= 0.6 is 11.6 Å².